The molecule has 3 aliphatic rings. The fourth-order valence-corrected chi connectivity index (χ4v) is 5.29. The van der Waals surface area contributed by atoms with Crippen LogP contribution >= 0.6 is 12.4 Å². The maximum atomic E-state index is 14.2. The number of fused-ring (bicyclic) bond motifs is 2. The van der Waals surface area contributed by atoms with E-state index in [1.54, 1.807) is 6.07 Å². The predicted octanol–water partition coefficient (Wildman–Crippen LogP) is 3.41. The molecule has 0 aliphatic carbocycles. The molecule has 2 aromatic rings. The molecule has 0 bridgehead atoms. The average Bonchev–Trinajstić information content (AvgIpc) is 3.23. The van der Waals surface area contributed by atoms with Crippen LogP contribution in [-0.2, 0) is 22.5 Å². The second-order valence-electron chi connectivity index (χ2n) is 9.17. The van der Waals surface area contributed by atoms with Gasteiger partial charge in [-0.15, -0.1) is 12.4 Å². The topological polar surface area (TPSA) is 75.0 Å². The van der Waals surface area contributed by atoms with Gasteiger partial charge in [0.05, 0.1) is 25.4 Å². The normalized spacial score (nSPS) is 21.9. The van der Waals surface area contributed by atoms with Crippen molar-refractivity contribution in [3.63, 3.8) is 0 Å². The predicted molar refractivity (Wildman–Crippen MR) is 129 cm³/mol. The molecule has 0 amide bonds. The number of nitrogens with zero attached hydrogens (tertiary/aromatic N) is 3. The van der Waals surface area contributed by atoms with Crippen molar-refractivity contribution in [1.82, 2.24) is 9.80 Å². The summed E-state index contributed by atoms with van der Waals surface area (Å²) in [6, 6.07) is 9.23. The zero-order valence-electron chi connectivity index (χ0n) is 19.9. The number of hydrogen-bond acceptors (Lipinski definition) is 7. The van der Waals surface area contributed by atoms with Gasteiger partial charge >= 0.3 is 5.97 Å². The number of nitriles is 1. The van der Waals surface area contributed by atoms with E-state index in [-0.39, 0.29) is 35.8 Å². The lowest BCUT2D eigenvalue weighted by atomic mass is 9.94. The van der Waals surface area contributed by atoms with Crippen LogP contribution in [0.5, 0.6) is 5.75 Å². The van der Waals surface area contributed by atoms with Gasteiger partial charge in [0.15, 0.2) is 0 Å². The van der Waals surface area contributed by atoms with Gasteiger partial charge in [-0.25, -0.2) is 9.18 Å². The largest absolute Gasteiger partial charge is 0.495 e. The van der Waals surface area contributed by atoms with Crippen LogP contribution in [-0.4, -0.2) is 68.3 Å². The number of hydrogen-bond donors (Lipinski definition) is 0. The Balaban J connectivity index is 0.00000289. The van der Waals surface area contributed by atoms with Crippen molar-refractivity contribution < 1.29 is 23.4 Å². The Kier molecular flexibility index (Phi) is 7.62. The highest BCUT2D eigenvalue weighted by molar-refractivity contribution is 5.94. The summed E-state index contributed by atoms with van der Waals surface area (Å²) in [7, 11) is 1.45. The van der Waals surface area contributed by atoms with E-state index in [4.69, 9.17) is 19.5 Å². The SMILES string of the molecule is COc1cc(CCN2CCN3C[C@@H](c4ccc5c(c4C)COC5=O)OC[C@@H]3C2)cc(F)c1C#N.Cl. The van der Waals surface area contributed by atoms with Gasteiger partial charge in [-0.05, 0) is 48.2 Å². The highest BCUT2D eigenvalue weighted by Crippen LogP contribution is 2.33. The maximum absolute atomic E-state index is 14.2. The number of methoxy groups -OCH3 is 1. The van der Waals surface area contributed by atoms with E-state index in [9.17, 15) is 9.18 Å². The smallest absolute Gasteiger partial charge is 0.338 e. The average molecular weight is 502 g/mol. The Morgan fingerprint density at radius 1 is 1.26 bits per heavy atom. The molecule has 2 atom stereocenters. The summed E-state index contributed by atoms with van der Waals surface area (Å²) in [6.45, 7) is 7.44. The van der Waals surface area contributed by atoms with Crippen molar-refractivity contribution in [3.05, 3.63) is 63.5 Å². The molecule has 0 aromatic heterocycles. The third kappa shape index (κ3) is 4.87. The molecule has 2 fully saturated rings. The summed E-state index contributed by atoms with van der Waals surface area (Å²) in [5, 5.41) is 9.11. The third-order valence-corrected chi connectivity index (χ3v) is 7.30. The van der Waals surface area contributed by atoms with E-state index in [1.807, 2.05) is 25.1 Å². The monoisotopic (exact) mass is 501 g/mol. The van der Waals surface area contributed by atoms with Crippen molar-refractivity contribution in [2.75, 3.05) is 46.4 Å². The summed E-state index contributed by atoms with van der Waals surface area (Å²) in [5.74, 6) is -0.495. The highest BCUT2D eigenvalue weighted by atomic mass is 35.5. The number of halogens is 2. The van der Waals surface area contributed by atoms with E-state index in [0.717, 1.165) is 55.0 Å². The molecule has 35 heavy (non-hydrogen) atoms. The summed E-state index contributed by atoms with van der Waals surface area (Å²) < 4.78 is 30.9. The van der Waals surface area contributed by atoms with Crippen LogP contribution in [0.4, 0.5) is 4.39 Å². The molecule has 2 aromatic carbocycles. The third-order valence-electron chi connectivity index (χ3n) is 7.30. The molecule has 5 rings (SSSR count). The number of cyclic esters (lactones) is 1. The van der Waals surface area contributed by atoms with Gasteiger partial charge in [-0.1, -0.05) is 6.07 Å². The van der Waals surface area contributed by atoms with Crippen LogP contribution in [0.3, 0.4) is 0 Å². The summed E-state index contributed by atoms with van der Waals surface area (Å²) in [5.41, 5.74) is 4.65. The summed E-state index contributed by atoms with van der Waals surface area (Å²) in [6.07, 6.45) is 0.669. The van der Waals surface area contributed by atoms with Crippen molar-refractivity contribution in [2.45, 2.75) is 32.1 Å². The minimum Gasteiger partial charge on any atom is -0.495 e. The van der Waals surface area contributed by atoms with Crippen LogP contribution in [0.25, 0.3) is 0 Å². The first-order valence-corrected chi connectivity index (χ1v) is 11.6. The quantitative estimate of drug-likeness (QED) is 0.581. The number of carbonyl (C=O) groups excluding carboxylic acids is 1. The molecule has 9 heteroatoms. The van der Waals surface area contributed by atoms with Crippen molar-refractivity contribution in [3.8, 4) is 11.8 Å². The molecule has 2 saturated heterocycles. The number of esters is 1. The summed E-state index contributed by atoms with van der Waals surface area (Å²) in [4.78, 5) is 16.7. The lowest BCUT2D eigenvalue weighted by Crippen LogP contribution is -2.58. The number of ether oxygens (including phenoxy) is 3. The molecule has 3 heterocycles. The Labute approximate surface area is 210 Å². The first-order valence-electron chi connectivity index (χ1n) is 11.6. The Hall–Kier alpha value is -2.70. The van der Waals surface area contributed by atoms with Crippen molar-refractivity contribution >= 4 is 18.4 Å². The Morgan fingerprint density at radius 2 is 2.09 bits per heavy atom. The molecular weight excluding hydrogens is 473 g/mol. The van der Waals surface area contributed by atoms with Gasteiger partial charge in [0, 0.05) is 44.3 Å². The number of morpholine rings is 1. The number of piperazine rings is 1. The van der Waals surface area contributed by atoms with Crippen molar-refractivity contribution in [1.29, 1.82) is 5.26 Å². The van der Waals surface area contributed by atoms with Crippen LogP contribution in [0.15, 0.2) is 24.3 Å². The van der Waals surface area contributed by atoms with E-state index in [2.05, 4.69) is 9.80 Å². The van der Waals surface area contributed by atoms with Gasteiger partial charge in [-0.2, -0.15) is 5.26 Å². The van der Waals surface area contributed by atoms with Gasteiger partial charge in [-0.3, -0.25) is 4.90 Å². The van der Waals surface area contributed by atoms with Crippen LogP contribution in [0.2, 0.25) is 0 Å². The molecule has 186 valence electrons. The fourth-order valence-electron chi connectivity index (χ4n) is 5.29. The lowest BCUT2D eigenvalue weighted by Gasteiger charge is -2.46. The first kappa shape index (κ1) is 25.4. The van der Waals surface area contributed by atoms with E-state index in [0.29, 0.717) is 31.2 Å². The number of carbonyl (C=O) groups is 1. The molecule has 3 aliphatic heterocycles. The maximum Gasteiger partial charge on any atom is 0.338 e. The molecule has 7 nitrogen and oxygen atoms in total. The van der Waals surface area contributed by atoms with Gasteiger partial charge in [0.1, 0.15) is 29.8 Å². The first-order chi connectivity index (χ1) is 16.5. The van der Waals surface area contributed by atoms with Gasteiger partial charge < -0.3 is 19.1 Å². The van der Waals surface area contributed by atoms with Gasteiger partial charge in [0.25, 0.3) is 0 Å². The Morgan fingerprint density at radius 3 is 2.86 bits per heavy atom. The molecule has 0 N–H and O–H groups in total. The van der Waals surface area contributed by atoms with Crippen LogP contribution < -0.4 is 4.74 Å². The van der Waals surface area contributed by atoms with Crippen LogP contribution in [0, 0.1) is 24.1 Å². The zero-order valence-corrected chi connectivity index (χ0v) is 20.7. The number of rotatable bonds is 5. The molecule has 0 radical (unpaired) electrons. The molecule has 0 saturated carbocycles. The number of benzene rings is 2. The highest BCUT2D eigenvalue weighted by Gasteiger charge is 2.35. The lowest BCUT2D eigenvalue weighted by molar-refractivity contribution is -0.0903. The molecular formula is C26H29ClFN3O4. The standard InChI is InChI=1S/C26H28FN3O4.ClH/c1-16-19(3-4-20-22(16)15-34-26(20)31)25-13-30-8-7-29(12-18(30)14-33-25)6-5-17-9-23(27)21(11-28)24(10-17)32-2;/h3-4,9-10,18,25H,5-8,12-15H2,1-2H3;1H/t18-,25-;/m0./s1. The van der Waals surface area contributed by atoms with Crippen LogP contribution in [0.1, 0.15) is 44.3 Å². The van der Waals surface area contributed by atoms with E-state index < -0.39 is 5.82 Å². The molecule has 0 unspecified atom stereocenters. The second-order valence-corrected chi connectivity index (χ2v) is 9.17. The Bertz CT molecular complexity index is 1170. The molecule has 0 spiro atoms. The zero-order chi connectivity index (χ0) is 23.8. The minimum atomic E-state index is -0.536. The second kappa shape index (κ2) is 10.5. The summed E-state index contributed by atoms with van der Waals surface area (Å²) >= 11 is 0. The van der Waals surface area contributed by atoms with Gasteiger partial charge in [0.2, 0.25) is 0 Å². The van der Waals surface area contributed by atoms with Crippen molar-refractivity contribution in [2.24, 2.45) is 0 Å². The van der Waals surface area contributed by atoms with E-state index in [1.165, 1.54) is 13.2 Å². The minimum absolute atomic E-state index is 0. The van der Waals surface area contributed by atoms with E-state index >= 15 is 0 Å². The fraction of sp³-hybridized carbons (Fsp3) is 0.462.